The Kier molecular flexibility index (Phi) is 3.45. The average Bonchev–Trinajstić information content (AvgIpc) is 2.98. The molecule has 19 heavy (non-hydrogen) atoms. The lowest BCUT2D eigenvalue weighted by Gasteiger charge is -2.10. The van der Waals surface area contributed by atoms with Gasteiger partial charge in [0.2, 0.25) is 5.95 Å². The Morgan fingerprint density at radius 2 is 2.11 bits per heavy atom. The molecule has 1 saturated carbocycles. The Morgan fingerprint density at radius 1 is 1.32 bits per heavy atom. The maximum Gasteiger partial charge on any atom is 0.201 e. The van der Waals surface area contributed by atoms with Gasteiger partial charge in [-0.05, 0) is 43.4 Å². The summed E-state index contributed by atoms with van der Waals surface area (Å²) in [5, 5.41) is 0. The van der Waals surface area contributed by atoms with Crippen molar-refractivity contribution in [2.24, 2.45) is 5.92 Å². The Bertz CT molecular complexity index is 565. The van der Waals surface area contributed by atoms with E-state index in [0.717, 1.165) is 18.0 Å². The van der Waals surface area contributed by atoms with E-state index in [-0.39, 0.29) is 0 Å². The number of aromatic nitrogens is 2. The van der Waals surface area contributed by atoms with Gasteiger partial charge in [-0.1, -0.05) is 31.7 Å². The third-order valence-electron chi connectivity index (χ3n) is 4.40. The molecule has 1 heterocycles. The number of hydrogen-bond donors (Lipinski definition) is 1. The van der Waals surface area contributed by atoms with Crippen LogP contribution in [-0.4, -0.2) is 9.55 Å². The van der Waals surface area contributed by atoms with Gasteiger partial charge in [-0.2, -0.15) is 0 Å². The molecule has 102 valence electrons. The predicted molar refractivity (Wildman–Crippen MR) is 80.1 cm³/mol. The van der Waals surface area contributed by atoms with E-state index < -0.39 is 0 Å². The van der Waals surface area contributed by atoms with E-state index in [4.69, 9.17) is 5.73 Å². The molecule has 0 amide bonds. The van der Waals surface area contributed by atoms with Crippen LogP contribution < -0.4 is 5.73 Å². The molecule has 0 spiro atoms. The van der Waals surface area contributed by atoms with E-state index in [9.17, 15) is 0 Å². The number of rotatable bonds is 4. The number of nitrogens with zero attached hydrogens (tertiary/aromatic N) is 2. The van der Waals surface area contributed by atoms with Crippen LogP contribution in [0.3, 0.4) is 0 Å². The van der Waals surface area contributed by atoms with Crippen molar-refractivity contribution in [3.05, 3.63) is 23.8 Å². The van der Waals surface area contributed by atoms with E-state index in [1.165, 1.54) is 49.6 Å². The molecule has 1 aromatic carbocycles. The normalized spacial score (nSPS) is 16.5. The van der Waals surface area contributed by atoms with Crippen LogP contribution in [0.1, 0.15) is 44.1 Å². The Balaban J connectivity index is 1.71. The molecule has 0 atom stereocenters. The second-order valence-corrected chi connectivity index (χ2v) is 5.91. The quantitative estimate of drug-likeness (QED) is 0.902. The molecule has 0 aliphatic heterocycles. The Labute approximate surface area is 114 Å². The highest BCUT2D eigenvalue weighted by Crippen LogP contribution is 2.29. The van der Waals surface area contributed by atoms with Crippen LogP contribution in [0, 0.1) is 12.8 Å². The summed E-state index contributed by atoms with van der Waals surface area (Å²) in [5.41, 5.74) is 9.49. The molecule has 2 aromatic rings. The first kappa shape index (κ1) is 12.5. The van der Waals surface area contributed by atoms with E-state index in [1.54, 1.807) is 0 Å². The largest absolute Gasteiger partial charge is 0.369 e. The zero-order valence-corrected chi connectivity index (χ0v) is 11.7. The number of benzene rings is 1. The molecule has 0 saturated heterocycles. The van der Waals surface area contributed by atoms with Crippen molar-refractivity contribution in [3.63, 3.8) is 0 Å². The summed E-state index contributed by atoms with van der Waals surface area (Å²) in [6.45, 7) is 3.09. The third kappa shape index (κ3) is 2.60. The number of nitrogens with two attached hydrogens (primary N) is 1. The molecule has 1 aromatic heterocycles. The van der Waals surface area contributed by atoms with Crippen molar-refractivity contribution in [2.45, 2.75) is 52.0 Å². The lowest BCUT2D eigenvalue weighted by Crippen LogP contribution is -2.05. The van der Waals surface area contributed by atoms with Gasteiger partial charge in [0.15, 0.2) is 0 Å². The molecule has 3 heteroatoms. The summed E-state index contributed by atoms with van der Waals surface area (Å²) in [7, 11) is 0. The minimum Gasteiger partial charge on any atom is -0.369 e. The maximum absolute atomic E-state index is 6.05. The first-order valence-electron chi connectivity index (χ1n) is 7.46. The molecule has 3 rings (SSSR count). The van der Waals surface area contributed by atoms with Crippen molar-refractivity contribution in [3.8, 4) is 0 Å². The maximum atomic E-state index is 6.05. The van der Waals surface area contributed by atoms with Gasteiger partial charge in [0.05, 0.1) is 11.0 Å². The SMILES string of the molecule is Cc1ccc2c(c1)nc(N)n2CCCC1CCCC1. The second kappa shape index (κ2) is 5.24. The summed E-state index contributed by atoms with van der Waals surface area (Å²) >= 11 is 0. The van der Waals surface area contributed by atoms with Crippen molar-refractivity contribution in [1.82, 2.24) is 9.55 Å². The van der Waals surface area contributed by atoms with Crippen molar-refractivity contribution >= 4 is 17.0 Å². The number of fused-ring (bicyclic) bond motifs is 1. The van der Waals surface area contributed by atoms with Gasteiger partial charge in [0, 0.05) is 6.54 Å². The molecule has 0 bridgehead atoms. The first-order chi connectivity index (χ1) is 9.24. The lowest BCUT2D eigenvalue weighted by atomic mass is 10.0. The van der Waals surface area contributed by atoms with E-state index in [1.807, 2.05) is 0 Å². The zero-order valence-electron chi connectivity index (χ0n) is 11.7. The average molecular weight is 257 g/mol. The predicted octanol–water partition coefficient (Wildman–Crippen LogP) is 3.90. The molecule has 0 unspecified atom stereocenters. The second-order valence-electron chi connectivity index (χ2n) is 5.91. The van der Waals surface area contributed by atoms with Crippen molar-refractivity contribution in [1.29, 1.82) is 0 Å². The number of anilines is 1. The van der Waals surface area contributed by atoms with Crippen molar-refractivity contribution in [2.75, 3.05) is 5.73 Å². The van der Waals surface area contributed by atoms with E-state index >= 15 is 0 Å². The monoisotopic (exact) mass is 257 g/mol. The fraction of sp³-hybridized carbons (Fsp3) is 0.562. The van der Waals surface area contributed by atoms with Gasteiger partial charge in [0.1, 0.15) is 0 Å². The van der Waals surface area contributed by atoms with Crippen molar-refractivity contribution < 1.29 is 0 Å². The topological polar surface area (TPSA) is 43.8 Å². The standard InChI is InChI=1S/C16H23N3/c1-12-8-9-15-14(11-12)18-16(17)19(15)10-4-7-13-5-2-3-6-13/h8-9,11,13H,2-7,10H2,1H3,(H2,17,18). The number of aryl methyl sites for hydroxylation is 2. The molecule has 0 radical (unpaired) electrons. The number of nitrogen functional groups attached to an aromatic ring is 1. The number of hydrogen-bond acceptors (Lipinski definition) is 2. The number of imidazole rings is 1. The van der Waals surface area contributed by atoms with Crippen LogP contribution in [-0.2, 0) is 6.54 Å². The summed E-state index contributed by atoms with van der Waals surface area (Å²) in [6, 6.07) is 6.39. The van der Waals surface area contributed by atoms with Gasteiger partial charge < -0.3 is 10.3 Å². The third-order valence-corrected chi connectivity index (χ3v) is 4.40. The highest BCUT2D eigenvalue weighted by molar-refractivity contribution is 5.79. The molecule has 1 fully saturated rings. The molecular weight excluding hydrogens is 234 g/mol. The molecular formula is C16H23N3. The molecule has 3 nitrogen and oxygen atoms in total. The zero-order chi connectivity index (χ0) is 13.2. The smallest absolute Gasteiger partial charge is 0.201 e. The van der Waals surface area contributed by atoms with Crippen LogP contribution in [0.2, 0.25) is 0 Å². The van der Waals surface area contributed by atoms with Gasteiger partial charge in [-0.25, -0.2) is 4.98 Å². The van der Waals surface area contributed by atoms with Crippen LogP contribution in [0.25, 0.3) is 11.0 Å². The molecule has 1 aliphatic rings. The molecule has 2 N–H and O–H groups in total. The fourth-order valence-electron chi connectivity index (χ4n) is 3.33. The van der Waals surface area contributed by atoms with Gasteiger partial charge in [-0.15, -0.1) is 0 Å². The van der Waals surface area contributed by atoms with Gasteiger partial charge in [0.25, 0.3) is 0 Å². The summed E-state index contributed by atoms with van der Waals surface area (Å²) in [4.78, 5) is 4.47. The Hall–Kier alpha value is -1.51. The van der Waals surface area contributed by atoms with E-state index in [2.05, 4.69) is 34.7 Å². The van der Waals surface area contributed by atoms with Crippen LogP contribution in [0.15, 0.2) is 18.2 Å². The first-order valence-corrected chi connectivity index (χ1v) is 7.46. The van der Waals surface area contributed by atoms with Crippen LogP contribution >= 0.6 is 0 Å². The van der Waals surface area contributed by atoms with Gasteiger partial charge in [-0.3, -0.25) is 0 Å². The minimum absolute atomic E-state index is 0.659. The fourth-order valence-corrected chi connectivity index (χ4v) is 3.33. The van der Waals surface area contributed by atoms with Gasteiger partial charge >= 0.3 is 0 Å². The summed E-state index contributed by atoms with van der Waals surface area (Å²) in [6.07, 6.45) is 8.28. The highest BCUT2D eigenvalue weighted by Gasteiger charge is 2.15. The Morgan fingerprint density at radius 3 is 2.89 bits per heavy atom. The lowest BCUT2D eigenvalue weighted by molar-refractivity contribution is 0.462. The van der Waals surface area contributed by atoms with E-state index in [0.29, 0.717) is 5.95 Å². The summed E-state index contributed by atoms with van der Waals surface area (Å²) in [5.74, 6) is 1.62. The van der Waals surface area contributed by atoms with Crippen LogP contribution in [0.5, 0.6) is 0 Å². The summed E-state index contributed by atoms with van der Waals surface area (Å²) < 4.78 is 2.17. The molecule has 1 aliphatic carbocycles. The highest BCUT2D eigenvalue weighted by atomic mass is 15.1. The minimum atomic E-state index is 0.659. The van der Waals surface area contributed by atoms with Crippen LogP contribution in [0.4, 0.5) is 5.95 Å².